The van der Waals surface area contributed by atoms with Crippen molar-refractivity contribution in [1.29, 1.82) is 0 Å². The third-order valence-electron chi connectivity index (χ3n) is 4.99. The number of thiazole rings is 1. The number of rotatable bonds is 8. The molecule has 0 spiro atoms. The molecule has 0 aliphatic heterocycles. The molecule has 2 aromatic carbocycles. The normalized spacial score (nSPS) is 11.8. The molecular formula is C23H28N2O4S. The summed E-state index contributed by atoms with van der Waals surface area (Å²) in [5.41, 5.74) is 4.35. The number of aryl methyl sites for hydroxylation is 2. The Morgan fingerprint density at radius 1 is 1.07 bits per heavy atom. The molecule has 30 heavy (non-hydrogen) atoms. The van der Waals surface area contributed by atoms with E-state index in [2.05, 4.69) is 35.5 Å². The summed E-state index contributed by atoms with van der Waals surface area (Å²) >= 11 is 1.53. The van der Waals surface area contributed by atoms with Gasteiger partial charge in [0, 0.05) is 13.2 Å². The Morgan fingerprint density at radius 2 is 1.80 bits per heavy atom. The number of benzene rings is 2. The van der Waals surface area contributed by atoms with Crippen molar-refractivity contribution in [3.63, 3.8) is 0 Å². The molecule has 6 nitrogen and oxygen atoms in total. The first kappa shape index (κ1) is 22.1. The lowest BCUT2D eigenvalue weighted by atomic mass is 10.1. The van der Waals surface area contributed by atoms with Gasteiger partial charge in [-0.05, 0) is 61.7 Å². The number of carbonyl (C=O) groups excluding carboxylic acids is 1. The molecular weight excluding hydrogens is 400 g/mol. The van der Waals surface area contributed by atoms with Gasteiger partial charge in [-0.15, -0.1) is 0 Å². The number of amides is 1. The summed E-state index contributed by atoms with van der Waals surface area (Å²) in [6, 6.07) is 9.78. The highest BCUT2D eigenvalue weighted by molar-refractivity contribution is 7.16. The van der Waals surface area contributed by atoms with Gasteiger partial charge in [0.25, 0.3) is 5.91 Å². The Labute approximate surface area is 180 Å². The summed E-state index contributed by atoms with van der Waals surface area (Å²) in [5, 5.41) is 0. The molecule has 0 bridgehead atoms. The van der Waals surface area contributed by atoms with Crippen molar-refractivity contribution < 1.29 is 19.0 Å². The Hall–Kier alpha value is -2.64. The van der Waals surface area contributed by atoms with Crippen LogP contribution in [0.2, 0.25) is 0 Å². The van der Waals surface area contributed by atoms with Crippen LogP contribution in [0, 0.1) is 13.8 Å². The zero-order valence-electron chi connectivity index (χ0n) is 18.2. The quantitative estimate of drug-likeness (QED) is 0.508. The first-order chi connectivity index (χ1) is 14.5. The Morgan fingerprint density at radius 3 is 2.50 bits per heavy atom. The van der Waals surface area contributed by atoms with Gasteiger partial charge in [0.05, 0.1) is 37.5 Å². The van der Waals surface area contributed by atoms with Gasteiger partial charge in [0.15, 0.2) is 16.3 Å². The number of carbonyl (C=O) groups is 1. The number of methoxy groups -OCH3 is 2. The highest BCUT2D eigenvalue weighted by Gasteiger charge is 2.11. The predicted octanol–water partition coefficient (Wildman–Crippen LogP) is 4.04. The molecule has 0 saturated carbocycles. The van der Waals surface area contributed by atoms with Crippen LogP contribution in [0.25, 0.3) is 10.2 Å². The predicted molar refractivity (Wildman–Crippen MR) is 120 cm³/mol. The van der Waals surface area contributed by atoms with E-state index < -0.39 is 0 Å². The summed E-state index contributed by atoms with van der Waals surface area (Å²) in [5.74, 6) is 1.03. The lowest BCUT2D eigenvalue weighted by molar-refractivity contribution is -0.117. The maximum Gasteiger partial charge on any atom is 0.252 e. The van der Waals surface area contributed by atoms with E-state index in [1.807, 2.05) is 19.1 Å². The lowest BCUT2D eigenvalue weighted by Gasteiger charge is -2.08. The number of hydrogen-bond donors (Lipinski definition) is 0. The van der Waals surface area contributed by atoms with Crippen LogP contribution in [0.5, 0.6) is 11.5 Å². The monoisotopic (exact) mass is 428 g/mol. The lowest BCUT2D eigenvalue weighted by Crippen LogP contribution is -2.20. The van der Waals surface area contributed by atoms with E-state index in [1.165, 1.54) is 22.5 Å². The van der Waals surface area contributed by atoms with E-state index in [-0.39, 0.29) is 12.3 Å². The van der Waals surface area contributed by atoms with Gasteiger partial charge in [0.2, 0.25) is 0 Å². The second-order valence-electron chi connectivity index (χ2n) is 7.01. The number of hydrogen-bond acceptors (Lipinski definition) is 5. The van der Waals surface area contributed by atoms with E-state index in [0.717, 1.165) is 15.8 Å². The van der Waals surface area contributed by atoms with Gasteiger partial charge in [-0.1, -0.05) is 17.4 Å². The largest absolute Gasteiger partial charge is 0.493 e. The summed E-state index contributed by atoms with van der Waals surface area (Å²) in [7, 11) is 3.17. The summed E-state index contributed by atoms with van der Waals surface area (Å²) in [4.78, 5) is 17.9. The molecule has 7 heteroatoms. The molecule has 160 valence electrons. The van der Waals surface area contributed by atoms with Crippen molar-refractivity contribution in [2.45, 2.75) is 33.7 Å². The molecule has 0 atom stereocenters. The molecule has 1 amide bonds. The average molecular weight is 429 g/mol. The van der Waals surface area contributed by atoms with Crippen molar-refractivity contribution in [2.75, 3.05) is 27.4 Å². The molecule has 0 fully saturated rings. The van der Waals surface area contributed by atoms with E-state index >= 15 is 0 Å². The van der Waals surface area contributed by atoms with Crippen LogP contribution in [0.1, 0.15) is 23.6 Å². The van der Waals surface area contributed by atoms with E-state index in [9.17, 15) is 4.79 Å². The van der Waals surface area contributed by atoms with Gasteiger partial charge < -0.3 is 18.8 Å². The van der Waals surface area contributed by atoms with E-state index in [0.29, 0.717) is 36.1 Å². The molecule has 0 unspecified atom stereocenters. The molecule has 0 saturated heterocycles. The second-order valence-corrected chi connectivity index (χ2v) is 8.02. The summed E-state index contributed by atoms with van der Waals surface area (Å²) in [6.07, 6.45) is 0.193. The van der Waals surface area contributed by atoms with Crippen LogP contribution in [-0.2, 0) is 22.5 Å². The standard InChI is InChI=1S/C23H28N2O4S/c1-6-29-10-9-25-18-11-15(2)16(3)12-21(18)30-23(25)24-22(26)14-17-7-8-19(27-4)20(13-17)28-5/h7-8,11-13H,6,9-10,14H2,1-5H3. The van der Waals surface area contributed by atoms with Gasteiger partial charge in [0.1, 0.15) is 0 Å². The molecule has 0 aliphatic carbocycles. The van der Waals surface area contributed by atoms with Crippen LogP contribution in [0.4, 0.5) is 0 Å². The fourth-order valence-corrected chi connectivity index (χ4v) is 4.39. The molecule has 3 aromatic rings. The second kappa shape index (κ2) is 9.91. The topological polar surface area (TPSA) is 62.1 Å². The average Bonchev–Trinajstić information content (AvgIpc) is 3.04. The minimum absolute atomic E-state index is 0.193. The Balaban J connectivity index is 1.95. The van der Waals surface area contributed by atoms with Gasteiger partial charge >= 0.3 is 0 Å². The highest BCUT2D eigenvalue weighted by atomic mass is 32.1. The van der Waals surface area contributed by atoms with Gasteiger partial charge in [-0.2, -0.15) is 4.99 Å². The first-order valence-electron chi connectivity index (χ1n) is 9.93. The zero-order chi connectivity index (χ0) is 21.7. The first-order valence-corrected chi connectivity index (χ1v) is 10.7. The van der Waals surface area contributed by atoms with Crippen molar-refractivity contribution in [2.24, 2.45) is 4.99 Å². The van der Waals surface area contributed by atoms with Gasteiger partial charge in [-0.25, -0.2) is 0 Å². The SMILES string of the molecule is CCOCCn1c(=NC(=O)Cc2ccc(OC)c(OC)c2)sc2cc(C)c(C)cc21. The number of fused-ring (bicyclic) bond motifs is 1. The molecule has 0 radical (unpaired) electrons. The molecule has 3 rings (SSSR count). The van der Waals surface area contributed by atoms with Crippen LogP contribution < -0.4 is 14.3 Å². The third kappa shape index (κ3) is 4.91. The van der Waals surface area contributed by atoms with Crippen molar-refractivity contribution in [3.05, 3.63) is 51.8 Å². The number of ether oxygens (including phenoxy) is 3. The summed E-state index contributed by atoms with van der Waals surface area (Å²) in [6.45, 7) is 8.05. The van der Waals surface area contributed by atoms with Crippen LogP contribution in [0.15, 0.2) is 35.3 Å². The molecule has 1 heterocycles. The van der Waals surface area contributed by atoms with Crippen LogP contribution >= 0.6 is 11.3 Å². The fourth-order valence-electron chi connectivity index (χ4n) is 3.23. The minimum atomic E-state index is -0.202. The van der Waals surface area contributed by atoms with Crippen LogP contribution in [-0.4, -0.2) is 37.9 Å². The van der Waals surface area contributed by atoms with Crippen LogP contribution in [0.3, 0.4) is 0 Å². The molecule has 1 aromatic heterocycles. The molecule has 0 aliphatic rings. The summed E-state index contributed by atoms with van der Waals surface area (Å²) < 4.78 is 19.3. The highest BCUT2D eigenvalue weighted by Crippen LogP contribution is 2.28. The third-order valence-corrected chi connectivity index (χ3v) is 6.03. The smallest absolute Gasteiger partial charge is 0.252 e. The maximum absolute atomic E-state index is 12.8. The molecule has 0 N–H and O–H groups in total. The van der Waals surface area contributed by atoms with Crippen molar-refractivity contribution >= 4 is 27.5 Å². The maximum atomic E-state index is 12.8. The van der Waals surface area contributed by atoms with Crippen molar-refractivity contribution in [1.82, 2.24) is 4.57 Å². The van der Waals surface area contributed by atoms with E-state index in [4.69, 9.17) is 14.2 Å². The Kier molecular flexibility index (Phi) is 7.29. The van der Waals surface area contributed by atoms with Crippen molar-refractivity contribution in [3.8, 4) is 11.5 Å². The number of aromatic nitrogens is 1. The minimum Gasteiger partial charge on any atom is -0.493 e. The van der Waals surface area contributed by atoms with Gasteiger partial charge in [-0.3, -0.25) is 4.79 Å². The van der Waals surface area contributed by atoms with E-state index in [1.54, 1.807) is 20.3 Å². The Bertz CT molecular complexity index is 1110. The number of nitrogens with zero attached hydrogens (tertiary/aromatic N) is 2. The fraction of sp³-hybridized carbons (Fsp3) is 0.391. The zero-order valence-corrected chi connectivity index (χ0v) is 19.0.